The summed E-state index contributed by atoms with van der Waals surface area (Å²) >= 11 is 1.86. The van der Waals surface area contributed by atoms with Crippen molar-refractivity contribution in [3.63, 3.8) is 0 Å². The zero-order valence-corrected chi connectivity index (χ0v) is 8.78. The van der Waals surface area contributed by atoms with E-state index in [1.807, 2.05) is 11.8 Å². The van der Waals surface area contributed by atoms with Crippen molar-refractivity contribution in [1.82, 2.24) is 5.32 Å². The highest BCUT2D eigenvalue weighted by Gasteiger charge is 1.97. The molecule has 12 heavy (non-hydrogen) atoms. The van der Waals surface area contributed by atoms with Gasteiger partial charge in [-0.05, 0) is 32.6 Å². The average molecular weight is 186 g/mol. The van der Waals surface area contributed by atoms with Gasteiger partial charge in [-0.15, -0.1) is 0 Å². The fraction of sp³-hybridized carbons (Fsp3) is 0.889. The van der Waals surface area contributed by atoms with E-state index in [0.717, 1.165) is 25.1 Å². The van der Waals surface area contributed by atoms with E-state index in [0.29, 0.717) is 12.5 Å². The second-order valence-electron chi connectivity index (χ2n) is 2.93. The van der Waals surface area contributed by atoms with Gasteiger partial charge in [0.15, 0.2) is 0 Å². The summed E-state index contributed by atoms with van der Waals surface area (Å²) in [5.41, 5.74) is 0. The standard InChI is InChI=1S/C9H18N2S/c1-9(8-12-2)11-7-5-3-4-6-10/h9,11H,3-5,7-8H2,1-2H3. The van der Waals surface area contributed by atoms with Gasteiger partial charge in [0.1, 0.15) is 0 Å². The van der Waals surface area contributed by atoms with Crippen LogP contribution in [0.25, 0.3) is 0 Å². The first kappa shape index (κ1) is 11.8. The van der Waals surface area contributed by atoms with Crippen molar-refractivity contribution in [1.29, 1.82) is 5.26 Å². The Morgan fingerprint density at radius 3 is 2.83 bits per heavy atom. The topological polar surface area (TPSA) is 35.8 Å². The van der Waals surface area contributed by atoms with Crippen LogP contribution in [-0.2, 0) is 0 Å². The maximum absolute atomic E-state index is 8.29. The molecule has 0 aliphatic carbocycles. The van der Waals surface area contributed by atoms with Gasteiger partial charge in [-0.1, -0.05) is 0 Å². The summed E-state index contributed by atoms with van der Waals surface area (Å²) < 4.78 is 0. The second kappa shape index (κ2) is 8.89. The summed E-state index contributed by atoms with van der Waals surface area (Å²) in [5.74, 6) is 1.16. The molecular formula is C9H18N2S. The van der Waals surface area contributed by atoms with Crippen LogP contribution in [0.15, 0.2) is 0 Å². The first-order chi connectivity index (χ1) is 5.81. The van der Waals surface area contributed by atoms with Crippen molar-refractivity contribution in [2.75, 3.05) is 18.6 Å². The number of thioether (sulfide) groups is 1. The molecular weight excluding hydrogens is 168 g/mol. The molecule has 0 aliphatic heterocycles. The number of hydrogen-bond acceptors (Lipinski definition) is 3. The zero-order valence-electron chi connectivity index (χ0n) is 7.97. The molecule has 0 radical (unpaired) electrons. The van der Waals surface area contributed by atoms with E-state index in [9.17, 15) is 0 Å². The Hall–Kier alpha value is -0.200. The SMILES string of the molecule is CSCC(C)NCCCCC#N. The van der Waals surface area contributed by atoms with E-state index in [-0.39, 0.29) is 0 Å². The maximum Gasteiger partial charge on any atom is 0.0621 e. The average Bonchev–Trinajstić information content (AvgIpc) is 2.05. The molecule has 70 valence electrons. The van der Waals surface area contributed by atoms with Crippen LogP contribution in [0.4, 0.5) is 0 Å². The molecule has 0 heterocycles. The molecule has 0 amide bonds. The minimum atomic E-state index is 0.599. The van der Waals surface area contributed by atoms with E-state index in [4.69, 9.17) is 5.26 Å². The molecule has 0 aromatic heterocycles. The number of rotatable bonds is 7. The quantitative estimate of drug-likeness (QED) is 0.618. The van der Waals surface area contributed by atoms with Gasteiger partial charge >= 0.3 is 0 Å². The van der Waals surface area contributed by atoms with E-state index < -0.39 is 0 Å². The van der Waals surface area contributed by atoms with Crippen LogP contribution in [-0.4, -0.2) is 24.6 Å². The largest absolute Gasteiger partial charge is 0.313 e. The lowest BCUT2D eigenvalue weighted by molar-refractivity contribution is 0.566. The Bertz CT molecular complexity index is 131. The normalized spacial score (nSPS) is 12.4. The molecule has 1 atom stereocenters. The number of unbranched alkanes of at least 4 members (excludes halogenated alkanes) is 2. The van der Waals surface area contributed by atoms with Crippen LogP contribution >= 0.6 is 11.8 Å². The molecule has 0 fully saturated rings. The van der Waals surface area contributed by atoms with Gasteiger partial charge in [-0.2, -0.15) is 17.0 Å². The van der Waals surface area contributed by atoms with Gasteiger partial charge in [0, 0.05) is 18.2 Å². The third-order valence-corrected chi connectivity index (χ3v) is 2.46. The monoisotopic (exact) mass is 186 g/mol. The summed E-state index contributed by atoms with van der Waals surface area (Å²) in [7, 11) is 0. The fourth-order valence-corrected chi connectivity index (χ4v) is 1.60. The van der Waals surface area contributed by atoms with Crippen LogP contribution in [0.5, 0.6) is 0 Å². The highest BCUT2D eigenvalue weighted by atomic mass is 32.2. The summed E-state index contributed by atoms with van der Waals surface area (Å²) in [6, 6.07) is 2.75. The highest BCUT2D eigenvalue weighted by molar-refractivity contribution is 7.98. The molecule has 0 bridgehead atoms. The van der Waals surface area contributed by atoms with E-state index >= 15 is 0 Å². The van der Waals surface area contributed by atoms with Gasteiger partial charge < -0.3 is 5.32 Å². The molecule has 0 saturated carbocycles. The van der Waals surface area contributed by atoms with Crippen molar-refractivity contribution >= 4 is 11.8 Å². The molecule has 0 aliphatic rings. The van der Waals surface area contributed by atoms with Crippen molar-refractivity contribution in [2.45, 2.75) is 32.2 Å². The third kappa shape index (κ3) is 7.90. The summed E-state index contributed by atoms with van der Waals surface area (Å²) in [6.45, 7) is 3.24. The van der Waals surface area contributed by atoms with Gasteiger partial charge in [-0.3, -0.25) is 0 Å². The van der Waals surface area contributed by atoms with Crippen molar-refractivity contribution in [3.05, 3.63) is 0 Å². The zero-order chi connectivity index (χ0) is 9.23. The molecule has 1 unspecified atom stereocenters. The molecule has 0 saturated heterocycles. The number of nitrogens with zero attached hydrogens (tertiary/aromatic N) is 1. The highest BCUT2D eigenvalue weighted by Crippen LogP contribution is 1.97. The Morgan fingerprint density at radius 1 is 1.50 bits per heavy atom. The lowest BCUT2D eigenvalue weighted by Gasteiger charge is -2.11. The first-order valence-electron chi connectivity index (χ1n) is 4.40. The summed E-state index contributed by atoms with van der Waals surface area (Å²) in [4.78, 5) is 0. The van der Waals surface area contributed by atoms with Crippen LogP contribution < -0.4 is 5.32 Å². The van der Waals surface area contributed by atoms with Gasteiger partial charge in [0.25, 0.3) is 0 Å². The van der Waals surface area contributed by atoms with Crippen LogP contribution in [0.2, 0.25) is 0 Å². The van der Waals surface area contributed by atoms with Crippen LogP contribution in [0, 0.1) is 11.3 Å². The Labute approximate surface area is 79.7 Å². The van der Waals surface area contributed by atoms with Gasteiger partial charge in [0.05, 0.1) is 6.07 Å². The van der Waals surface area contributed by atoms with E-state index in [1.165, 1.54) is 0 Å². The lowest BCUT2D eigenvalue weighted by atomic mass is 10.2. The molecule has 3 heteroatoms. The smallest absolute Gasteiger partial charge is 0.0621 e. The number of nitriles is 1. The predicted octanol–water partition coefficient (Wildman–Crippen LogP) is 2.02. The molecule has 2 nitrogen and oxygen atoms in total. The summed E-state index contributed by atoms with van der Waals surface area (Å²) in [5, 5.41) is 11.7. The molecule has 0 aromatic carbocycles. The Morgan fingerprint density at radius 2 is 2.25 bits per heavy atom. The van der Waals surface area contributed by atoms with Crippen LogP contribution in [0.3, 0.4) is 0 Å². The van der Waals surface area contributed by atoms with E-state index in [1.54, 1.807) is 0 Å². The predicted molar refractivity (Wildman–Crippen MR) is 55.3 cm³/mol. The number of nitrogens with one attached hydrogen (secondary N) is 1. The Kier molecular flexibility index (Phi) is 8.74. The van der Waals surface area contributed by atoms with Gasteiger partial charge in [0.2, 0.25) is 0 Å². The maximum atomic E-state index is 8.29. The first-order valence-corrected chi connectivity index (χ1v) is 5.80. The van der Waals surface area contributed by atoms with Crippen molar-refractivity contribution in [3.8, 4) is 6.07 Å². The van der Waals surface area contributed by atoms with Crippen LogP contribution in [0.1, 0.15) is 26.2 Å². The second-order valence-corrected chi connectivity index (χ2v) is 3.84. The molecule has 0 rings (SSSR count). The minimum absolute atomic E-state index is 0.599. The number of hydrogen-bond donors (Lipinski definition) is 1. The minimum Gasteiger partial charge on any atom is -0.313 e. The summed E-state index contributed by atoms with van der Waals surface area (Å²) in [6.07, 6.45) is 4.95. The third-order valence-electron chi connectivity index (χ3n) is 1.62. The molecule has 1 N–H and O–H groups in total. The fourth-order valence-electron chi connectivity index (χ4n) is 0.986. The molecule has 0 aromatic rings. The Balaban J connectivity index is 3.04. The molecule has 0 spiro atoms. The van der Waals surface area contributed by atoms with E-state index in [2.05, 4.69) is 24.6 Å². The van der Waals surface area contributed by atoms with Crippen molar-refractivity contribution < 1.29 is 0 Å². The lowest BCUT2D eigenvalue weighted by Crippen LogP contribution is -2.28. The van der Waals surface area contributed by atoms with Gasteiger partial charge in [-0.25, -0.2) is 0 Å². The van der Waals surface area contributed by atoms with Crippen molar-refractivity contribution in [2.24, 2.45) is 0 Å².